The molecule has 90 valence electrons. The first-order chi connectivity index (χ1) is 7.79. The third-order valence-corrected chi connectivity index (χ3v) is 2.51. The molecule has 1 N–H and O–H groups in total. The molecule has 0 atom stereocenters. The number of hydrogen-bond donors (Lipinski definition) is 1. The molecular weight excluding hydrogens is 226 g/mol. The third kappa shape index (κ3) is 4.00. The molecule has 0 saturated heterocycles. The molecule has 0 aromatic heterocycles. The molecule has 0 fully saturated rings. The van der Waals surface area contributed by atoms with Crippen molar-refractivity contribution < 1.29 is 9.47 Å². The van der Waals surface area contributed by atoms with Crippen LogP contribution in [0.3, 0.4) is 0 Å². The van der Waals surface area contributed by atoms with Gasteiger partial charge in [-0.2, -0.15) is 0 Å². The van der Waals surface area contributed by atoms with Crippen LogP contribution >= 0.6 is 11.6 Å². The van der Waals surface area contributed by atoms with Crippen LogP contribution in [-0.2, 0) is 11.3 Å². The molecule has 0 aliphatic heterocycles. The van der Waals surface area contributed by atoms with Gasteiger partial charge in [0.2, 0.25) is 0 Å². The Morgan fingerprint density at radius 3 is 2.88 bits per heavy atom. The van der Waals surface area contributed by atoms with Crippen molar-refractivity contribution in [2.24, 2.45) is 0 Å². The van der Waals surface area contributed by atoms with Gasteiger partial charge in [-0.25, -0.2) is 0 Å². The number of ether oxygens (including phenoxy) is 2. The summed E-state index contributed by atoms with van der Waals surface area (Å²) in [5.41, 5.74) is 1.00. The zero-order valence-corrected chi connectivity index (χ0v) is 10.5. The van der Waals surface area contributed by atoms with Crippen molar-refractivity contribution >= 4 is 11.6 Å². The van der Waals surface area contributed by atoms with Gasteiger partial charge < -0.3 is 14.8 Å². The first-order valence-electron chi connectivity index (χ1n) is 5.39. The number of methoxy groups -OCH3 is 1. The number of halogens is 1. The van der Waals surface area contributed by atoms with Gasteiger partial charge in [0.15, 0.2) is 0 Å². The number of nitrogens with one attached hydrogen (secondary N) is 1. The first-order valence-corrected chi connectivity index (χ1v) is 5.77. The second-order valence-electron chi connectivity index (χ2n) is 3.32. The van der Waals surface area contributed by atoms with Gasteiger partial charge >= 0.3 is 0 Å². The van der Waals surface area contributed by atoms with Crippen LogP contribution in [0.15, 0.2) is 18.2 Å². The van der Waals surface area contributed by atoms with Crippen LogP contribution in [0.5, 0.6) is 5.75 Å². The zero-order chi connectivity index (χ0) is 11.8. The molecule has 16 heavy (non-hydrogen) atoms. The van der Waals surface area contributed by atoms with E-state index in [0.717, 1.165) is 22.9 Å². The number of rotatable bonds is 7. The molecule has 0 radical (unpaired) electrons. The molecule has 0 unspecified atom stereocenters. The van der Waals surface area contributed by atoms with E-state index in [1.165, 1.54) is 0 Å². The van der Waals surface area contributed by atoms with Crippen molar-refractivity contribution in [3.8, 4) is 5.75 Å². The summed E-state index contributed by atoms with van der Waals surface area (Å²) < 4.78 is 10.5. The van der Waals surface area contributed by atoms with E-state index >= 15 is 0 Å². The fourth-order valence-corrected chi connectivity index (χ4v) is 1.62. The Hall–Kier alpha value is -0.770. The summed E-state index contributed by atoms with van der Waals surface area (Å²) in [7, 11) is 1.68. The van der Waals surface area contributed by atoms with Crippen molar-refractivity contribution in [2.75, 3.05) is 26.9 Å². The molecular formula is C12H18ClNO2. The fourth-order valence-electron chi connectivity index (χ4n) is 1.39. The molecule has 0 aliphatic carbocycles. The SMILES string of the molecule is CCOc1cccc(Cl)c1CNCCOC. The predicted octanol–water partition coefficient (Wildman–Crippen LogP) is 2.47. The zero-order valence-electron chi connectivity index (χ0n) is 9.75. The third-order valence-electron chi connectivity index (χ3n) is 2.16. The monoisotopic (exact) mass is 243 g/mol. The van der Waals surface area contributed by atoms with Crippen LogP contribution < -0.4 is 10.1 Å². The van der Waals surface area contributed by atoms with Gasteiger partial charge in [0.25, 0.3) is 0 Å². The van der Waals surface area contributed by atoms with E-state index in [1.807, 2.05) is 25.1 Å². The van der Waals surface area contributed by atoms with Crippen LogP contribution in [0.1, 0.15) is 12.5 Å². The van der Waals surface area contributed by atoms with E-state index < -0.39 is 0 Å². The second-order valence-corrected chi connectivity index (χ2v) is 3.73. The summed E-state index contributed by atoms with van der Waals surface area (Å²) in [6, 6.07) is 5.70. The van der Waals surface area contributed by atoms with Gasteiger partial charge in [-0.3, -0.25) is 0 Å². The fraction of sp³-hybridized carbons (Fsp3) is 0.500. The Balaban J connectivity index is 2.61. The highest BCUT2D eigenvalue weighted by atomic mass is 35.5. The summed E-state index contributed by atoms with van der Waals surface area (Å²) in [6.07, 6.45) is 0. The quantitative estimate of drug-likeness (QED) is 0.747. The molecule has 1 rings (SSSR count). The maximum Gasteiger partial charge on any atom is 0.125 e. The summed E-state index contributed by atoms with van der Waals surface area (Å²) in [6.45, 7) is 4.79. The molecule has 0 heterocycles. The molecule has 1 aromatic carbocycles. The highest BCUT2D eigenvalue weighted by Crippen LogP contribution is 2.26. The van der Waals surface area contributed by atoms with E-state index in [9.17, 15) is 0 Å². The molecule has 4 heteroatoms. The highest BCUT2D eigenvalue weighted by molar-refractivity contribution is 6.31. The van der Waals surface area contributed by atoms with E-state index in [1.54, 1.807) is 7.11 Å². The largest absolute Gasteiger partial charge is 0.493 e. The normalized spacial score (nSPS) is 10.4. The Labute approximate surface area is 102 Å². The standard InChI is InChI=1S/C12H18ClNO2/c1-3-16-12-6-4-5-11(13)10(12)9-14-7-8-15-2/h4-6,14H,3,7-9H2,1-2H3. The maximum absolute atomic E-state index is 6.13. The molecule has 0 spiro atoms. The van der Waals surface area contributed by atoms with Crippen LogP contribution in [-0.4, -0.2) is 26.9 Å². The lowest BCUT2D eigenvalue weighted by Crippen LogP contribution is -2.19. The molecule has 0 bridgehead atoms. The summed E-state index contributed by atoms with van der Waals surface area (Å²) in [4.78, 5) is 0. The van der Waals surface area contributed by atoms with Crippen LogP contribution in [0.2, 0.25) is 5.02 Å². The Morgan fingerprint density at radius 2 is 2.19 bits per heavy atom. The Morgan fingerprint density at radius 1 is 1.38 bits per heavy atom. The maximum atomic E-state index is 6.13. The smallest absolute Gasteiger partial charge is 0.125 e. The van der Waals surface area contributed by atoms with Crippen molar-refractivity contribution in [1.29, 1.82) is 0 Å². The van der Waals surface area contributed by atoms with Crippen LogP contribution in [0.25, 0.3) is 0 Å². The topological polar surface area (TPSA) is 30.5 Å². The van der Waals surface area contributed by atoms with E-state index in [2.05, 4.69) is 5.32 Å². The molecule has 0 aliphatic rings. The average Bonchev–Trinajstić information content (AvgIpc) is 2.28. The lowest BCUT2D eigenvalue weighted by Gasteiger charge is -2.12. The van der Waals surface area contributed by atoms with Gasteiger partial charge in [-0.15, -0.1) is 0 Å². The minimum atomic E-state index is 0.644. The Bertz CT molecular complexity index is 318. The van der Waals surface area contributed by atoms with E-state index in [4.69, 9.17) is 21.1 Å². The van der Waals surface area contributed by atoms with Gasteiger partial charge in [-0.1, -0.05) is 17.7 Å². The van der Waals surface area contributed by atoms with Gasteiger partial charge in [0, 0.05) is 30.8 Å². The molecule has 1 aromatic rings. The minimum Gasteiger partial charge on any atom is -0.493 e. The highest BCUT2D eigenvalue weighted by Gasteiger charge is 2.06. The van der Waals surface area contributed by atoms with Crippen molar-refractivity contribution in [1.82, 2.24) is 5.32 Å². The predicted molar refractivity (Wildman–Crippen MR) is 66.2 cm³/mol. The molecule has 3 nitrogen and oxygen atoms in total. The summed E-state index contributed by atoms with van der Waals surface area (Å²) in [5.74, 6) is 0.847. The van der Waals surface area contributed by atoms with Gasteiger partial charge in [0.1, 0.15) is 5.75 Å². The van der Waals surface area contributed by atoms with Crippen molar-refractivity contribution in [2.45, 2.75) is 13.5 Å². The lowest BCUT2D eigenvalue weighted by atomic mass is 10.2. The summed E-state index contributed by atoms with van der Waals surface area (Å²) >= 11 is 6.13. The minimum absolute atomic E-state index is 0.644. The molecule has 0 saturated carbocycles. The first kappa shape index (κ1) is 13.3. The van der Waals surface area contributed by atoms with Crippen molar-refractivity contribution in [3.63, 3.8) is 0 Å². The second kappa shape index (κ2) is 7.49. The van der Waals surface area contributed by atoms with Gasteiger partial charge in [-0.05, 0) is 19.1 Å². The average molecular weight is 244 g/mol. The van der Waals surface area contributed by atoms with Gasteiger partial charge in [0.05, 0.1) is 13.2 Å². The summed E-state index contributed by atoms with van der Waals surface area (Å²) in [5, 5.41) is 3.99. The van der Waals surface area contributed by atoms with E-state index in [-0.39, 0.29) is 0 Å². The van der Waals surface area contributed by atoms with Crippen LogP contribution in [0.4, 0.5) is 0 Å². The number of benzene rings is 1. The van der Waals surface area contributed by atoms with E-state index in [0.29, 0.717) is 19.8 Å². The molecule has 0 amide bonds. The van der Waals surface area contributed by atoms with Crippen molar-refractivity contribution in [3.05, 3.63) is 28.8 Å². The lowest BCUT2D eigenvalue weighted by molar-refractivity contribution is 0.199. The number of hydrogen-bond acceptors (Lipinski definition) is 3. The van der Waals surface area contributed by atoms with Crippen LogP contribution in [0, 0.1) is 0 Å². The Kier molecular flexibility index (Phi) is 6.23.